The SMILES string of the molecule is CCCC1(C(=O)OCC)OC12CCCCC2OC. The summed E-state index contributed by atoms with van der Waals surface area (Å²) in [6.07, 6.45) is 5.80. The highest BCUT2D eigenvalue weighted by atomic mass is 16.7. The maximum atomic E-state index is 12.2. The van der Waals surface area contributed by atoms with E-state index < -0.39 is 11.2 Å². The van der Waals surface area contributed by atoms with Crippen molar-refractivity contribution in [1.29, 1.82) is 0 Å². The highest BCUT2D eigenvalue weighted by molar-refractivity contribution is 5.85. The minimum Gasteiger partial charge on any atom is -0.464 e. The van der Waals surface area contributed by atoms with Crippen LogP contribution in [0.3, 0.4) is 0 Å². The average molecular weight is 256 g/mol. The molecule has 0 aromatic rings. The van der Waals surface area contributed by atoms with E-state index >= 15 is 0 Å². The molecule has 0 amide bonds. The first-order valence-electron chi connectivity index (χ1n) is 7.07. The van der Waals surface area contributed by atoms with Crippen molar-refractivity contribution in [2.45, 2.75) is 69.7 Å². The van der Waals surface area contributed by atoms with Crippen molar-refractivity contribution in [3.63, 3.8) is 0 Å². The van der Waals surface area contributed by atoms with E-state index in [2.05, 4.69) is 6.92 Å². The van der Waals surface area contributed by atoms with Crippen LogP contribution in [-0.2, 0) is 19.0 Å². The fraction of sp³-hybridized carbons (Fsp3) is 0.929. The van der Waals surface area contributed by atoms with Crippen LogP contribution in [-0.4, -0.2) is 37.0 Å². The van der Waals surface area contributed by atoms with E-state index in [1.165, 1.54) is 0 Å². The molecule has 0 aromatic carbocycles. The van der Waals surface area contributed by atoms with E-state index in [0.717, 1.165) is 38.5 Å². The second kappa shape index (κ2) is 5.17. The summed E-state index contributed by atoms with van der Waals surface area (Å²) >= 11 is 0. The lowest BCUT2D eigenvalue weighted by molar-refractivity contribution is -0.150. The monoisotopic (exact) mass is 256 g/mol. The Hall–Kier alpha value is -0.610. The van der Waals surface area contributed by atoms with E-state index in [-0.39, 0.29) is 12.1 Å². The number of epoxide rings is 1. The molecule has 104 valence electrons. The highest BCUT2D eigenvalue weighted by Gasteiger charge is 2.78. The largest absolute Gasteiger partial charge is 0.464 e. The lowest BCUT2D eigenvalue weighted by atomic mass is 9.76. The maximum Gasteiger partial charge on any atom is 0.341 e. The summed E-state index contributed by atoms with van der Waals surface area (Å²) in [7, 11) is 1.71. The Bertz CT molecular complexity index is 317. The van der Waals surface area contributed by atoms with Crippen molar-refractivity contribution in [1.82, 2.24) is 0 Å². The van der Waals surface area contributed by atoms with Crippen molar-refractivity contribution >= 4 is 5.97 Å². The normalized spacial score (nSPS) is 38.7. The zero-order valence-electron chi connectivity index (χ0n) is 11.7. The van der Waals surface area contributed by atoms with Crippen molar-refractivity contribution in [3.05, 3.63) is 0 Å². The fourth-order valence-corrected chi connectivity index (χ4v) is 3.46. The van der Waals surface area contributed by atoms with Gasteiger partial charge in [-0.05, 0) is 26.2 Å². The van der Waals surface area contributed by atoms with Gasteiger partial charge in [0, 0.05) is 7.11 Å². The van der Waals surface area contributed by atoms with E-state index in [9.17, 15) is 4.79 Å². The van der Waals surface area contributed by atoms with Crippen molar-refractivity contribution in [3.8, 4) is 0 Å². The molecule has 0 N–H and O–H groups in total. The third kappa shape index (κ3) is 1.86. The molecule has 4 heteroatoms. The zero-order chi connectivity index (χ0) is 13.2. The van der Waals surface area contributed by atoms with E-state index in [4.69, 9.17) is 14.2 Å². The molecular formula is C14H24O4. The van der Waals surface area contributed by atoms with Crippen LogP contribution in [0.2, 0.25) is 0 Å². The Kier molecular flexibility index (Phi) is 3.97. The lowest BCUT2D eigenvalue weighted by Crippen LogP contribution is -2.45. The van der Waals surface area contributed by atoms with Crippen molar-refractivity contribution in [2.24, 2.45) is 0 Å². The van der Waals surface area contributed by atoms with E-state index in [0.29, 0.717) is 6.61 Å². The first kappa shape index (κ1) is 13.8. The summed E-state index contributed by atoms with van der Waals surface area (Å²) in [5.41, 5.74) is -1.15. The van der Waals surface area contributed by atoms with Crippen LogP contribution in [0.25, 0.3) is 0 Å². The molecule has 2 aliphatic rings. The third-order valence-electron chi connectivity index (χ3n) is 4.27. The molecule has 18 heavy (non-hydrogen) atoms. The topological polar surface area (TPSA) is 48.1 Å². The molecule has 1 saturated heterocycles. The van der Waals surface area contributed by atoms with Gasteiger partial charge in [0.05, 0.1) is 12.7 Å². The van der Waals surface area contributed by atoms with Gasteiger partial charge in [-0.25, -0.2) is 4.79 Å². The molecule has 4 nitrogen and oxygen atoms in total. The quantitative estimate of drug-likeness (QED) is 0.560. The van der Waals surface area contributed by atoms with Gasteiger partial charge >= 0.3 is 5.97 Å². The maximum absolute atomic E-state index is 12.2. The van der Waals surface area contributed by atoms with Gasteiger partial charge in [0.2, 0.25) is 0 Å². The molecule has 1 spiro atoms. The zero-order valence-corrected chi connectivity index (χ0v) is 11.7. The standard InChI is InChI=1S/C14H24O4/c1-4-9-14(12(15)17-5-2)13(18-14)10-7-6-8-11(13)16-3/h11H,4-10H2,1-3H3. The minimum atomic E-state index is -0.737. The van der Waals surface area contributed by atoms with Crippen LogP contribution in [0.4, 0.5) is 0 Å². The van der Waals surface area contributed by atoms with Gasteiger partial charge in [0.1, 0.15) is 5.60 Å². The molecule has 2 fully saturated rings. The summed E-state index contributed by atoms with van der Waals surface area (Å²) in [6, 6.07) is 0. The Balaban J connectivity index is 2.20. The highest BCUT2D eigenvalue weighted by Crippen LogP contribution is 2.60. The summed E-state index contributed by atoms with van der Waals surface area (Å²) in [5, 5.41) is 0. The molecule has 3 unspecified atom stereocenters. The Morgan fingerprint density at radius 3 is 2.78 bits per heavy atom. The lowest BCUT2D eigenvalue weighted by Gasteiger charge is -2.30. The molecular weight excluding hydrogens is 232 g/mol. The summed E-state index contributed by atoms with van der Waals surface area (Å²) < 4.78 is 16.8. The second-order valence-corrected chi connectivity index (χ2v) is 5.26. The first-order valence-corrected chi connectivity index (χ1v) is 7.07. The minimum absolute atomic E-state index is 0.0298. The van der Waals surface area contributed by atoms with Gasteiger partial charge in [0.15, 0.2) is 5.60 Å². The van der Waals surface area contributed by atoms with Crippen molar-refractivity contribution < 1.29 is 19.0 Å². The summed E-state index contributed by atoms with van der Waals surface area (Å²) in [5.74, 6) is -0.198. The Morgan fingerprint density at radius 2 is 2.17 bits per heavy atom. The van der Waals surface area contributed by atoms with Crippen LogP contribution < -0.4 is 0 Å². The van der Waals surface area contributed by atoms with Gasteiger partial charge in [-0.15, -0.1) is 0 Å². The van der Waals surface area contributed by atoms with Crippen LogP contribution in [0.5, 0.6) is 0 Å². The van der Waals surface area contributed by atoms with Gasteiger partial charge in [-0.2, -0.15) is 0 Å². The molecule has 0 bridgehead atoms. The third-order valence-corrected chi connectivity index (χ3v) is 4.27. The van der Waals surface area contributed by atoms with Crippen LogP contribution in [0.15, 0.2) is 0 Å². The number of esters is 1. The predicted octanol–water partition coefficient (Wildman–Crippen LogP) is 2.45. The summed E-state index contributed by atoms with van der Waals surface area (Å²) in [6.45, 7) is 4.31. The van der Waals surface area contributed by atoms with E-state index in [1.807, 2.05) is 6.92 Å². The van der Waals surface area contributed by atoms with E-state index in [1.54, 1.807) is 7.11 Å². The molecule has 0 aromatic heterocycles. The number of hydrogen-bond acceptors (Lipinski definition) is 4. The van der Waals surface area contributed by atoms with Crippen molar-refractivity contribution in [2.75, 3.05) is 13.7 Å². The molecule has 0 radical (unpaired) electrons. The number of carbonyl (C=O) groups excluding carboxylic acids is 1. The predicted molar refractivity (Wildman–Crippen MR) is 67.4 cm³/mol. The molecule has 3 atom stereocenters. The number of hydrogen-bond donors (Lipinski definition) is 0. The molecule has 1 heterocycles. The van der Waals surface area contributed by atoms with Gasteiger partial charge in [-0.3, -0.25) is 0 Å². The number of rotatable bonds is 5. The Morgan fingerprint density at radius 1 is 1.39 bits per heavy atom. The smallest absolute Gasteiger partial charge is 0.341 e. The van der Waals surface area contributed by atoms with Gasteiger partial charge in [-0.1, -0.05) is 26.2 Å². The molecule has 2 rings (SSSR count). The molecule has 1 saturated carbocycles. The van der Waals surface area contributed by atoms with Crippen LogP contribution >= 0.6 is 0 Å². The number of ether oxygens (including phenoxy) is 3. The Labute approximate surface area is 109 Å². The average Bonchev–Trinajstić information content (AvgIpc) is 3.00. The van der Waals surface area contributed by atoms with Gasteiger partial charge < -0.3 is 14.2 Å². The number of carbonyl (C=O) groups is 1. The van der Waals surface area contributed by atoms with Gasteiger partial charge in [0.25, 0.3) is 0 Å². The molecule has 1 aliphatic carbocycles. The molecule has 1 aliphatic heterocycles. The second-order valence-electron chi connectivity index (χ2n) is 5.26. The number of methoxy groups -OCH3 is 1. The first-order chi connectivity index (χ1) is 8.66. The summed E-state index contributed by atoms with van der Waals surface area (Å²) in [4.78, 5) is 12.2. The van der Waals surface area contributed by atoms with Crippen LogP contribution in [0, 0.1) is 0 Å². The fourth-order valence-electron chi connectivity index (χ4n) is 3.46. The van der Waals surface area contributed by atoms with Crippen LogP contribution in [0.1, 0.15) is 52.4 Å².